The van der Waals surface area contributed by atoms with E-state index < -0.39 is 30.4 Å². The van der Waals surface area contributed by atoms with E-state index in [-0.39, 0.29) is 0 Å². The zero-order chi connectivity index (χ0) is 18.5. The van der Waals surface area contributed by atoms with E-state index in [1.54, 1.807) is 24.3 Å². The Labute approximate surface area is 160 Å². The maximum Gasteiger partial charge on any atom is 0.338 e. The van der Waals surface area contributed by atoms with Gasteiger partial charge < -0.3 is 19.7 Å². The summed E-state index contributed by atoms with van der Waals surface area (Å²) in [5, 5.41) is 20.7. The van der Waals surface area contributed by atoms with Gasteiger partial charge in [-0.25, -0.2) is 4.79 Å². The minimum absolute atomic E-state index is 0.360. The van der Waals surface area contributed by atoms with Crippen LogP contribution in [0, 0.1) is 0 Å². The lowest BCUT2D eigenvalue weighted by Gasteiger charge is -2.36. The molecule has 0 bridgehead atoms. The zero-order valence-corrected chi connectivity index (χ0v) is 15.7. The van der Waals surface area contributed by atoms with Gasteiger partial charge in [0, 0.05) is 4.47 Å². The molecule has 0 aliphatic heterocycles. The Hall–Kier alpha value is -1.73. The monoisotopic (exact) mass is 420 g/mol. The molecule has 3 rings (SSSR count). The number of halogens is 1. The Morgan fingerprint density at radius 3 is 2.27 bits per heavy atom. The van der Waals surface area contributed by atoms with Crippen molar-refractivity contribution >= 4 is 21.9 Å². The standard InChI is InChI=1S/C20H21BrO5/c21-15-8-6-14(7-9-15)20(24)26-17-11-10-16(18(22)19(17)23)25-12-13-4-2-1-3-5-13/h1-9,16-19,22-23H,10-12H2/t16-,17-,18+,19-/m1/s1. The number of hydrogen-bond donors (Lipinski definition) is 2. The molecule has 0 aromatic heterocycles. The van der Waals surface area contributed by atoms with E-state index in [4.69, 9.17) is 9.47 Å². The molecule has 1 saturated carbocycles. The van der Waals surface area contributed by atoms with Gasteiger partial charge in [0.25, 0.3) is 0 Å². The molecule has 4 atom stereocenters. The summed E-state index contributed by atoms with van der Waals surface area (Å²) in [6.45, 7) is 0.360. The van der Waals surface area contributed by atoms with Crippen molar-refractivity contribution in [3.63, 3.8) is 0 Å². The van der Waals surface area contributed by atoms with Crippen LogP contribution in [0.2, 0.25) is 0 Å². The van der Waals surface area contributed by atoms with Crippen LogP contribution in [-0.4, -0.2) is 40.6 Å². The first kappa shape index (κ1) is 19.0. The van der Waals surface area contributed by atoms with Crippen LogP contribution in [0.3, 0.4) is 0 Å². The van der Waals surface area contributed by atoms with E-state index >= 15 is 0 Å². The van der Waals surface area contributed by atoms with Crippen LogP contribution < -0.4 is 0 Å². The first-order valence-corrected chi connectivity index (χ1v) is 9.32. The molecule has 0 amide bonds. The van der Waals surface area contributed by atoms with Gasteiger partial charge in [0.15, 0.2) is 0 Å². The fourth-order valence-electron chi connectivity index (χ4n) is 2.99. The molecule has 26 heavy (non-hydrogen) atoms. The Bertz CT molecular complexity index is 719. The molecule has 0 radical (unpaired) electrons. The van der Waals surface area contributed by atoms with Gasteiger partial charge in [-0.3, -0.25) is 0 Å². The van der Waals surface area contributed by atoms with Crippen molar-refractivity contribution in [3.05, 3.63) is 70.2 Å². The summed E-state index contributed by atoms with van der Waals surface area (Å²) in [5.74, 6) is -0.516. The molecule has 2 aromatic rings. The van der Waals surface area contributed by atoms with E-state index in [1.807, 2.05) is 30.3 Å². The molecule has 1 aliphatic carbocycles. The lowest BCUT2D eigenvalue weighted by atomic mass is 9.89. The SMILES string of the molecule is O=C(O[C@@H]1CC[C@@H](OCc2ccccc2)[C@H](O)[C@@H]1O)c1ccc(Br)cc1. The smallest absolute Gasteiger partial charge is 0.338 e. The summed E-state index contributed by atoms with van der Waals surface area (Å²) in [6, 6.07) is 16.4. The molecule has 5 nitrogen and oxygen atoms in total. The third-order valence-electron chi connectivity index (χ3n) is 4.49. The third-order valence-corrected chi connectivity index (χ3v) is 5.02. The van der Waals surface area contributed by atoms with E-state index in [1.165, 1.54) is 0 Å². The maximum absolute atomic E-state index is 12.2. The molecule has 0 spiro atoms. The third kappa shape index (κ3) is 4.71. The highest BCUT2D eigenvalue weighted by molar-refractivity contribution is 9.10. The predicted octanol–water partition coefficient (Wildman–Crippen LogP) is 3.08. The van der Waals surface area contributed by atoms with Crippen molar-refractivity contribution < 1.29 is 24.5 Å². The van der Waals surface area contributed by atoms with E-state index in [0.29, 0.717) is 25.0 Å². The van der Waals surface area contributed by atoms with Crippen molar-refractivity contribution in [1.82, 2.24) is 0 Å². The Balaban J connectivity index is 1.54. The average Bonchev–Trinajstić information content (AvgIpc) is 2.66. The molecule has 1 fully saturated rings. The molecule has 138 valence electrons. The topological polar surface area (TPSA) is 76.0 Å². The summed E-state index contributed by atoms with van der Waals surface area (Å²) in [6.07, 6.45) is -2.59. The van der Waals surface area contributed by atoms with E-state index in [2.05, 4.69) is 15.9 Å². The normalized spacial score (nSPS) is 25.7. The van der Waals surface area contributed by atoms with Gasteiger partial charge in [0.1, 0.15) is 18.3 Å². The Morgan fingerprint density at radius 2 is 1.58 bits per heavy atom. The second-order valence-electron chi connectivity index (χ2n) is 6.34. The molecule has 0 unspecified atom stereocenters. The fourth-order valence-corrected chi connectivity index (χ4v) is 3.25. The lowest BCUT2D eigenvalue weighted by Crippen LogP contribution is -2.51. The van der Waals surface area contributed by atoms with Gasteiger partial charge in [0.05, 0.1) is 18.3 Å². The number of carbonyl (C=O) groups is 1. The number of hydrogen-bond acceptors (Lipinski definition) is 5. The summed E-state index contributed by atoms with van der Waals surface area (Å²) in [5.41, 5.74) is 1.40. The van der Waals surface area contributed by atoms with Gasteiger partial charge >= 0.3 is 5.97 Å². The van der Waals surface area contributed by atoms with Crippen LogP contribution in [0.1, 0.15) is 28.8 Å². The van der Waals surface area contributed by atoms with Gasteiger partial charge in [-0.1, -0.05) is 46.3 Å². The molecule has 0 saturated heterocycles. The summed E-state index contributed by atoms with van der Waals surface area (Å²) in [4.78, 5) is 12.2. The van der Waals surface area contributed by atoms with Crippen LogP contribution in [0.4, 0.5) is 0 Å². The second kappa shape index (κ2) is 8.77. The maximum atomic E-state index is 12.2. The van der Waals surface area contributed by atoms with Gasteiger partial charge in [0.2, 0.25) is 0 Å². The van der Waals surface area contributed by atoms with E-state index in [0.717, 1.165) is 10.0 Å². The molecular weight excluding hydrogens is 400 g/mol. The number of ether oxygens (including phenoxy) is 2. The number of carbonyl (C=O) groups excluding carboxylic acids is 1. The highest BCUT2D eigenvalue weighted by atomic mass is 79.9. The second-order valence-corrected chi connectivity index (χ2v) is 7.26. The van der Waals surface area contributed by atoms with Gasteiger partial charge in [-0.2, -0.15) is 0 Å². The van der Waals surface area contributed by atoms with Crippen molar-refractivity contribution in [1.29, 1.82) is 0 Å². The zero-order valence-electron chi connectivity index (χ0n) is 14.1. The predicted molar refractivity (Wildman–Crippen MR) is 99.6 cm³/mol. The molecule has 6 heteroatoms. The van der Waals surface area contributed by atoms with Crippen molar-refractivity contribution in [3.8, 4) is 0 Å². The fraction of sp³-hybridized carbons (Fsp3) is 0.350. The van der Waals surface area contributed by atoms with Crippen LogP contribution >= 0.6 is 15.9 Å². The lowest BCUT2D eigenvalue weighted by molar-refractivity contribution is -0.158. The average molecular weight is 421 g/mol. The quantitative estimate of drug-likeness (QED) is 0.726. The van der Waals surface area contributed by atoms with Gasteiger partial charge in [-0.15, -0.1) is 0 Å². The molecule has 1 aliphatic rings. The molecule has 2 N–H and O–H groups in total. The first-order chi connectivity index (χ1) is 12.5. The van der Waals surface area contributed by atoms with E-state index in [9.17, 15) is 15.0 Å². The Morgan fingerprint density at radius 1 is 0.962 bits per heavy atom. The first-order valence-electron chi connectivity index (χ1n) is 8.53. The minimum Gasteiger partial charge on any atom is -0.456 e. The number of rotatable bonds is 5. The molecular formula is C20H21BrO5. The molecule has 2 aromatic carbocycles. The largest absolute Gasteiger partial charge is 0.456 e. The number of benzene rings is 2. The van der Waals surface area contributed by atoms with Crippen LogP contribution in [0.25, 0.3) is 0 Å². The summed E-state index contributed by atoms with van der Waals surface area (Å²) >= 11 is 3.31. The summed E-state index contributed by atoms with van der Waals surface area (Å²) in [7, 11) is 0. The Kier molecular flexibility index (Phi) is 6.43. The number of aliphatic hydroxyl groups excluding tert-OH is 2. The number of esters is 1. The van der Waals surface area contributed by atoms with Crippen molar-refractivity contribution in [2.45, 2.75) is 43.9 Å². The molecule has 0 heterocycles. The minimum atomic E-state index is -1.18. The van der Waals surface area contributed by atoms with Crippen LogP contribution in [0.5, 0.6) is 0 Å². The van der Waals surface area contributed by atoms with Crippen molar-refractivity contribution in [2.24, 2.45) is 0 Å². The van der Waals surface area contributed by atoms with Crippen LogP contribution in [-0.2, 0) is 16.1 Å². The van der Waals surface area contributed by atoms with Gasteiger partial charge in [-0.05, 0) is 42.7 Å². The number of aliphatic hydroxyl groups is 2. The summed E-state index contributed by atoms with van der Waals surface area (Å²) < 4.78 is 12.0. The van der Waals surface area contributed by atoms with Crippen molar-refractivity contribution in [2.75, 3.05) is 0 Å². The highest BCUT2D eigenvalue weighted by Crippen LogP contribution is 2.26. The van der Waals surface area contributed by atoms with Crippen LogP contribution in [0.15, 0.2) is 59.1 Å². The highest BCUT2D eigenvalue weighted by Gasteiger charge is 2.40.